The summed E-state index contributed by atoms with van der Waals surface area (Å²) in [5, 5.41) is 10.2. The van der Waals surface area contributed by atoms with Crippen LogP contribution in [0.1, 0.15) is 0 Å². The summed E-state index contributed by atoms with van der Waals surface area (Å²) in [5.74, 6) is -0.189. The molecule has 12 heavy (non-hydrogen) atoms. The fourth-order valence-electron chi connectivity index (χ4n) is 0.612. The van der Waals surface area contributed by atoms with Crippen molar-refractivity contribution in [2.45, 2.75) is 0 Å². The van der Waals surface area contributed by atoms with Gasteiger partial charge in [-0.15, -0.1) is 0 Å². The van der Waals surface area contributed by atoms with Crippen LogP contribution in [0.25, 0.3) is 0 Å². The SMILES string of the molecule is CSC(=S)n1cnc([N+](=O)[O-])c1. The standard InChI is InChI=1S/C5H5N3O2S2/c1-12-5(11)7-2-4(6-3-7)8(9)10/h2-3H,1H3. The van der Waals surface area contributed by atoms with E-state index in [9.17, 15) is 10.1 Å². The van der Waals surface area contributed by atoms with Crippen molar-refractivity contribution in [3.8, 4) is 0 Å². The molecule has 0 aliphatic heterocycles. The summed E-state index contributed by atoms with van der Waals surface area (Å²) in [6, 6.07) is 0. The van der Waals surface area contributed by atoms with Crippen molar-refractivity contribution in [3.05, 3.63) is 22.6 Å². The lowest BCUT2D eigenvalue weighted by molar-refractivity contribution is -0.389. The van der Waals surface area contributed by atoms with E-state index < -0.39 is 4.92 Å². The molecule has 0 N–H and O–H groups in total. The van der Waals surface area contributed by atoms with Gasteiger partial charge in [-0.25, -0.2) is 0 Å². The zero-order chi connectivity index (χ0) is 9.14. The van der Waals surface area contributed by atoms with Crippen LogP contribution in [-0.2, 0) is 0 Å². The predicted octanol–water partition coefficient (Wildman–Crippen LogP) is 1.29. The van der Waals surface area contributed by atoms with E-state index >= 15 is 0 Å². The van der Waals surface area contributed by atoms with Gasteiger partial charge in [0, 0.05) is 0 Å². The van der Waals surface area contributed by atoms with Gasteiger partial charge in [-0.2, -0.15) is 0 Å². The molecule has 1 rings (SSSR count). The van der Waals surface area contributed by atoms with Crippen LogP contribution in [0.15, 0.2) is 12.5 Å². The van der Waals surface area contributed by atoms with Crippen LogP contribution in [0.4, 0.5) is 5.82 Å². The molecule has 64 valence electrons. The lowest BCUT2D eigenvalue weighted by Gasteiger charge is -1.94. The van der Waals surface area contributed by atoms with Crippen molar-refractivity contribution >= 4 is 34.1 Å². The lowest BCUT2D eigenvalue weighted by Crippen LogP contribution is -1.99. The maximum Gasteiger partial charge on any atom is 0.381 e. The van der Waals surface area contributed by atoms with Crippen molar-refractivity contribution in [1.82, 2.24) is 9.55 Å². The van der Waals surface area contributed by atoms with E-state index in [2.05, 4.69) is 4.98 Å². The van der Waals surface area contributed by atoms with Gasteiger partial charge >= 0.3 is 5.82 Å². The number of thiocarbonyl (C=S) groups is 1. The second-order valence-electron chi connectivity index (χ2n) is 1.87. The predicted molar refractivity (Wildman–Crippen MR) is 50.4 cm³/mol. The molecule has 5 nitrogen and oxygen atoms in total. The Balaban J connectivity index is 2.91. The van der Waals surface area contributed by atoms with E-state index in [0.717, 1.165) is 0 Å². The third-order valence-electron chi connectivity index (χ3n) is 1.14. The quantitative estimate of drug-likeness (QED) is 0.391. The maximum atomic E-state index is 10.2. The van der Waals surface area contributed by atoms with Gasteiger partial charge in [-0.3, -0.25) is 4.57 Å². The molecular weight excluding hydrogens is 198 g/mol. The summed E-state index contributed by atoms with van der Waals surface area (Å²) in [7, 11) is 0. The molecule has 0 amide bonds. The summed E-state index contributed by atoms with van der Waals surface area (Å²) >= 11 is 6.22. The molecule has 0 bridgehead atoms. The van der Waals surface area contributed by atoms with Gasteiger partial charge in [-0.05, 0) is 16.2 Å². The molecule has 0 spiro atoms. The third kappa shape index (κ3) is 1.80. The monoisotopic (exact) mass is 203 g/mol. The van der Waals surface area contributed by atoms with Crippen LogP contribution in [0.3, 0.4) is 0 Å². The van der Waals surface area contributed by atoms with Crippen LogP contribution in [-0.4, -0.2) is 25.1 Å². The summed E-state index contributed by atoms with van der Waals surface area (Å²) in [6.07, 6.45) is 4.42. The van der Waals surface area contributed by atoms with E-state index in [0.29, 0.717) is 4.32 Å². The molecule has 0 fully saturated rings. The number of thioether (sulfide) groups is 1. The zero-order valence-corrected chi connectivity index (χ0v) is 7.76. The first-order valence-corrected chi connectivity index (χ1v) is 4.55. The van der Waals surface area contributed by atoms with E-state index in [1.54, 1.807) is 6.26 Å². The van der Waals surface area contributed by atoms with E-state index in [1.807, 2.05) is 0 Å². The molecule has 0 aromatic carbocycles. The number of nitro groups is 1. The average Bonchev–Trinajstić information content (AvgIpc) is 2.51. The lowest BCUT2D eigenvalue weighted by atomic mass is 10.8. The number of aromatic nitrogens is 2. The van der Waals surface area contributed by atoms with Crippen LogP contribution in [0, 0.1) is 10.1 Å². The van der Waals surface area contributed by atoms with E-state index in [-0.39, 0.29) is 5.82 Å². The Hall–Kier alpha value is -0.950. The van der Waals surface area contributed by atoms with Gasteiger partial charge in [-0.1, -0.05) is 24.0 Å². The highest BCUT2D eigenvalue weighted by Crippen LogP contribution is 2.09. The Bertz CT molecular complexity index is 322. The van der Waals surface area contributed by atoms with Crippen LogP contribution in [0.5, 0.6) is 0 Å². The Morgan fingerprint density at radius 1 is 1.92 bits per heavy atom. The van der Waals surface area contributed by atoms with E-state index in [4.69, 9.17) is 12.2 Å². The average molecular weight is 203 g/mol. The molecule has 0 saturated carbocycles. The third-order valence-corrected chi connectivity index (χ3v) is 2.41. The summed E-state index contributed by atoms with van der Waals surface area (Å²) in [4.78, 5) is 13.2. The Morgan fingerprint density at radius 2 is 2.58 bits per heavy atom. The molecule has 0 aliphatic carbocycles. The molecule has 1 heterocycles. The molecule has 0 radical (unpaired) electrons. The first-order valence-electron chi connectivity index (χ1n) is 2.92. The molecule has 1 aromatic rings. The van der Waals surface area contributed by atoms with Gasteiger partial charge in [0.2, 0.25) is 6.33 Å². The van der Waals surface area contributed by atoms with Gasteiger partial charge in [0.25, 0.3) is 0 Å². The van der Waals surface area contributed by atoms with Gasteiger partial charge in [0.05, 0.1) is 0 Å². The van der Waals surface area contributed by atoms with Gasteiger partial charge in [0.1, 0.15) is 10.5 Å². The largest absolute Gasteiger partial charge is 0.381 e. The van der Waals surface area contributed by atoms with Crippen molar-refractivity contribution in [2.75, 3.05) is 6.26 Å². The molecule has 0 saturated heterocycles. The normalized spacial score (nSPS) is 9.75. The molecule has 1 aromatic heterocycles. The number of rotatable bonds is 1. The summed E-state index contributed by atoms with van der Waals surface area (Å²) < 4.78 is 1.98. The van der Waals surface area contributed by atoms with Crippen molar-refractivity contribution in [1.29, 1.82) is 0 Å². The second kappa shape index (κ2) is 3.63. The first-order chi connectivity index (χ1) is 5.65. The molecule has 0 atom stereocenters. The van der Waals surface area contributed by atoms with E-state index in [1.165, 1.54) is 28.9 Å². The van der Waals surface area contributed by atoms with Gasteiger partial charge < -0.3 is 10.1 Å². The maximum absolute atomic E-state index is 10.2. The van der Waals surface area contributed by atoms with Crippen LogP contribution in [0.2, 0.25) is 0 Å². The molecule has 0 unspecified atom stereocenters. The fraction of sp³-hybridized carbons (Fsp3) is 0.200. The number of hydrogen-bond acceptors (Lipinski definition) is 5. The molecule has 7 heteroatoms. The first kappa shape index (κ1) is 9.14. The number of imidazole rings is 1. The van der Waals surface area contributed by atoms with Crippen molar-refractivity contribution in [2.24, 2.45) is 0 Å². The minimum Gasteiger partial charge on any atom is -0.358 e. The highest BCUT2D eigenvalue weighted by Gasteiger charge is 2.11. The highest BCUT2D eigenvalue weighted by molar-refractivity contribution is 8.22. The second-order valence-corrected chi connectivity index (χ2v) is 3.31. The number of hydrogen-bond donors (Lipinski definition) is 0. The summed E-state index contributed by atoms with van der Waals surface area (Å²) in [6.45, 7) is 0. The minimum absolute atomic E-state index is 0.189. The molecular formula is C5H5N3O2S2. The highest BCUT2D eigenvalue weighted by atomic mass is 32.2. The zero-order valence-electron chi connectivity index (χ0n) is 6.13. The Labute approximate surface area is 77.9 Å². The van der Waals surface area contributed by atoms with Crippen molar-refractivity contribution < 1.29 is 4.92 Å². The minimum atomic E-state index is -0.556. The summed E-state index contributed by atoms with van der Waals surface area (Å²) in [5.41, 5.74) is 0. The molecule has 0 aliphatic rings. The van der Waals surface area contributed by atoms with Crippen molar-refractivity contribution in [3.63, 3.8) is 0 Å². The van der Waals surface area contributed by atoms with Gasteiger partial charge in [0.15, 0.2) is 0 Å². The number of nitrogens with zero attached hydrogens (tertiary/aromatic N) is 3. The smallest absolute Gasteiger partial charge is 0.358 e. The van der Waals surface area contributed by atoms with Crippen LogP contribution < -0.4 is 0 Å². The topological polar surface area (TPSA) is 61.0 Å². The Morgan fingerprint density at radius 3 is 3.00 bits per heavy atom. The fourth-order valence-corrected chi connectivity index (χ4v) is 1.02. The van der Waals surface area contributed by atoms with Crippen LogP contribution >= 0.6 is 24.0 Å². The Kier molecular flexibility index (Phi) is 2.77.